The number of halogens is 1. The Balaban J connectivity index is 1.46. The number of hydrogen-bond donors (Lipinski definition) is 1. The molecule has 1 aromatic heterocycles. The Hall–Kier alpha value is -3.13. The lowest BCUT2D eigenvalue weighted by atomic mass is 10.1. The van der Waals surface area contributed by atoms with Gasteiger partial charge in [-0.2, -0.15) is 0 Å². The number of carbonyl (C=O) groups excluding carboxylic acids is 2. The van der Waals surface area contributed by atoms with Crippen LogP contribution < -0.4 is 14.8 Å². The first kappa shape index (κ1) is 20.6. The number of thiophene rings is 1. The number of rotatable bonds is 8. The minimum absolute atomic E-state index is 0.323. The topological polar surface area (TPSA) is 73.9 Å². The quantitative estimate of drug-likeness (QED) is 0.567. The van der Waals surface area contributed by atoms with Gasteiger partial charge in [-0.25, -0.2) is 9.18 Å². The van der Waals surface area contributed by atoms with E-state index in [-0.39, 0.29) is 12.4 Å². The van der Waals surface area contributed by atoms with Crippen molar-refractivity contribution in [3.8, 4) is 11.5 Å². The van der Waals surface area contributed by atoms with Gasteiger partial charge in [0.15, 0.2) is 18.1 Å². The van der Waals surface area contributed by atoms with Gasteiger partial charge in [-0.3, -0.25) is 4.79 Å². The van der Waals surface area contributed by atoms with Crippen LogP contribution in [0.1, 0.15) is 15.2 Å². The lowest BCUT2D eigenvalue weighted by Crippen LogP contribution is -2.30. The summed E-state index contributed by atoms with van der Waals surface area (Å²) in [5, 5.41) is 3.33. The van der Waals surface area contributed by atoms with Crippen molar-refractivity contribution < 1.29 is 28.2 Å². The van der Waals surface area contributed by atoms with Crippen LogP contribution in [0, 0.1) is 5.82 Å². The van der Waals surface area contributed by atoms with Crippen LogP contribution in [-0.4, -0.2) is 39.2 Å². The van der Waals surface area contributed by atoms with E-state index in [2.05, 4.69) is 5.32 Å². The summed E-state index contributed by atoms with van der Waals surface area (Å²) in [4.78, 5) is 24.4. The van der Waals surface area contributed by atoms with E-state index in [9.17, 15) is 14.0 Å². The number of amides is 1. The molecule has 0 saturated heterocycles. The molecule has 6 nitrogen and oxygen atoms in total. The SMILES string of the molecule is COc1ccc(CCNC(=O)COC(=O)c2cc3cc(F)ccc3s2)cc1OC. The molecule has 2 aromatic carbocycles. The first-order valence-electron chi connectivity index (χ1n) is 8.84. The summed E-state index contributed by atoms with van der Waals surface area (Å²) in [7, 11) is 3.13. The van der Waals surface area contributed by atoms with Gasteiger partial charge in [0, 0.05) is 11.2 Å². The van der Waals surface area contributed by atoms with Crippen molar-refractivity contribution in [2.24, 2.45) is 0 Å². The van der Waals surface area contributed by atoms with Gasteiger partial charge in [0.2, 0.25) is 0 Å². The van der Waals surface area contributed by atoms with E-state index in [0.29, 0.717) is 34.7 Å². The number of carbonyl (C=O) groups is 2. The van der Waals surface area contributed by atoms with E-state index in [1.165, 1.54) is 23.5 Å². The van der Waals surface area contributed by atoms with Crippen molar-refractivity contribution in [1.29, 1.82) is 0 Å². The second kappa shape index (κ2) is 9.38. The largest absolute Gasteiger partial charge is 0.493 e. The van der Waals surface area contributed by atoms with Crippen molar-refractivity contribution in [3.05, 3.63) is 58.7 Å². The average Bonchev–Trinajstić information content (AvgIpc) is 3.15. The highest BCUT2D eigenvalue weighted by Crippen LogP contribution is 2.28. The third-order valence-corrected chi connectivity index (χ3v) is 5.29. The normalized spacial score (nSPS) is 10.6. The summed E-state index contributed by atoms with van der Waals surface area (Å²) in [6.45, 7) is 0.00139. The van der Waals surface area contributed by atoms with Crippen molar-refractivity contribution in [2.45, 2.75) is 6.42 Å². The van der Waals surface area contributed by atoms with Gasteiger partial charge in [-0.1, -0.05) is 6.07 Å². The molecule has 8 heteroatoms. The van der Waals surface area contributed by atoms with Crippen molar-refractivity contribution in [2.75, 3.05) is 27.4 Å². The minimum atomic E-state index is -0.610. The van der Waals surface area contributed by atoms with E-state index >= 15 is 0 Å². The summed E-state index contributed by atoms with van der Waals surface area (Å²) < 4.78 is 29.5. The summed E-state index contributed by atoms with van der Waals surface area (Å²) in [5.41, 5.74) is 0.970. The van der Waals surface area contributed by atoms with Crippen LogP contribution in [0.4, 0.5) is 4.39 Å². The Morgan fingerprint density at radius 1 is 1.03 bits per heavy atom. The summed E-state index contributed by atoms with van der Waals surface area (Å²) >= 11 is 1.19. The molecule has 29 heavy (non-hydrogen) atoms. The molecule has 0 radical (unpaired) electrons. The minimum Gasteiger partial charge on any atom is -0.493 e. The fraction of sp³-hybridized carbons (Fsp3) is 0.238. The maximum atomic E-state index is 13.2. The van der Waals surface area contributed by atoms with Crippen LogP contribution in [0.3, 0.4) is 0 Å². The van der Waals surface area contributed by atoms with Crippen LogP contribution in [0.25, 0.3) is 10.1 Å². The van der Waals surface area contributed by atoms with Crippen molar-refractivity contribution in [1.82, 2.24) is 5.32 Å². The van der Waals surface area contributed by atoms with Gasteiger partial charge in [-0.15, -0.1) is 11.3 Å². The monoisotopic (exact) mass is 417 g/mol. The van der Waals surface area contributed by atoms with Crippen LogP contribution in [0.15, 0.2) is 42.5 Å². The molecule has 3 rings (SSSR count). The molecule has 0 spiro atoms. The van der Waals surface area contributed by atoms with Crippen LogP contribution >= 0.6 is 11.3 Å². The van der Waals surface area contributed by atoms with Gasteiger partial charge in [0.05, 0.1) is 14.2 Å². The highest BCUT2D eigenvalue weighted by atomic mass is 32.1. The number of ether oxygens (including phenoxy) is 3. The van der Waals surface area contributed by atoms with Gasteiger partial charge in [0.25, 0.3) is 5.91 Å². The van der Waals surface area contributed by atoms with E-state index in [1.54, 1.807) is 32.4 Å². The molecular formula is C21H20FNO5S. The first-order valence-corrected chi connectivity index (χ1v) is 9.65. The Morgan fingerprint density at radius 3 is 2.59 bits per heavy atom. The standard InChI is InChI=1S/C21H20FNO5S/c1-26-16-5-3-13(9-17(16)27-2)7-8-23-20(24)12-28-21(25)19-11-14-10-15(22)4-6-18(14)29-19/h3-6,9-11H,7-8,12H2,1-2H3,(H,23,24). The zero-order valence-electron chi connectivity index (χ0n) is 16.0. The highest BCUT2D eigenvalue weighted by molar-refractivity contribution is 7.20. The Labute approximate surface area is 171 Å². The van der Waals surface area contributed by atoms with Crippen molar-refractivity contribution >= 4 is 33.3 Å². The van der Waals surface area contributed by atoms with Crippen LogP contribution in [0.2, 0.25) is 0 Å². The number of benzene rings is 2. The molecule has 3 aromatic rings. The zero-order chi connectivity index (χ0) is 20.8. The molecular weight excluding hydrogens is 397 g/mol. The zero-order valence-corrected chi connectivity index (χ0v) is 16.8. The predicted molar refractivity (Wildman–Crippen MR) is 108 cm³/mol. The molecule has 0 saturated carbocycles. The van der Waals surface area contributed by atoms with E-state index in [4.69, 9.17) is 14.2 Å². The number of hydrogen-bond acceptors (Lipinski definition) is 6. The highest BCUT2D eigenvalue weighted by Gasteiger charge is 2.14. The molecule has 1 amide bonds. The van der Waals surface area contributed by atoms with E-state index < -0.39 is 11.9 Å². The second-order valence-corrected chi connectivity index (χ2v) is 7.24. The fourth-order valence-electron chi connectivity index (χ4n) is 2.75. The van der Waals surface area contributed by atoms with Gasteiger partial charge in [-0.05, 0) is 53.8 Å². The molecule has 0 aliphatic rings. The molecule has 1 heterocycles. The smallest absolute Gasteiger partial charge is 0.348 e. The first-order chi connectivity index (χ1) is 14.0. The Bertz CT molecular complexity index is 1030. The second-order valence-electron chi connectivity index (χ2n) is 6.16. The van der Waals surface area contributed by atoms with Crippen LogP contribution in [0.5, 0.6) is 11.5 Å². The number of nitrogens with one attached hydrogen (secondary N) is 1. The average molecular weight is 417 g/mol. The lowest BCUT2D eigenvalue weighted by molar-refractivity contribution is -0.124. The van der Waals surface area contributed by atoms with Gasteiger partial charge < -0.3 is 19.5 Å². The third-order valence-electron chi connectivity index (χ3n) is 4.20. The van der Waals surface area contributed by atoms with Crippen LogP contribution in [-0.2, 0) is 16.0 Å². The maximum Gasteiger partial charge on any atom is 0.348 e. The number of methoxy groups -OCH3 is 2. The Morgan fingerprint density at radius 2 is 1.83 bits per heavy atom. The molecule has 0 bridgehead atoms. The number of esters is 1. The lowest BCUT2D eigenvalue weighted by Gasteiger charge is -2.10. The molecule has 0 fully saturated rings. The summed E-state index contributed by atoms with van der Waals surface area (Å²) in [6, 6.07) is 11.4. The van der Waals surface area contributed by atoms with Gasteiger partial charge >= 0.3 is 5.97 Å². The molecule has 0 aliphatic carbocycles. The fourth-order valence-corrected chi connectivity index (χ4v) is 3.69. The third kappa shape index (κ3) is 5.23. The van der Waals surface area contributed by atoms with Crippen molar-refractivity contribution in [3.63, 3.8) is 0 Å². The molecule has 0 unspecified atom stereocenters. The van der Waals surface area contributed by atoms with E-state index in [1.807, 2.05) is 12.1 Å². The van der Waals surface area contributed by atoms with E-state index in [0.717, 1.165) is 10.3 Å². The maximum absolute atomic E-state index is 13.2. The Kier molecular flexibility index (Phi) is 6.66. The summed E-state index contributed by atoms with van der Waals surface area (Å²) in [5.74, 6) is -0.124. The number of fused-ring (bicyclic) bond motifs is 1. The molecule has 0 aliphatic heterocycles. The van der Waals surface area contributed by atoms with Gasteiger partial charge in [0.1, 0.15) is 10.7 Å². The molecule has 1 N–H and O–H groups in total. The molecule has 0 atom stereocenters. The molecule has 152 valence electrons. The predicted octanol–water partition coefficient (Wildman–Crippen LogP) is 3.57. The summed E-state index contributed by atoms with van der Waals surface area (Å²) in [6.07, 6.45) is 0.585.